The van der Waals surface area contributed by atoms with Gasteiger partial charge in [0.05, 0.1) is 5.52 Å². The first kappa shape index (κ1) is 16.9. The summed E-state index contributed by atoms with van der Waals surface area (Å²) in [5, 5.41) is 10.4. The second-order valence-electron chi connectivity index (χ2n) is 7.04. The van der Waals surface area contributed by atoms with Crippen molar-refractivity contribution in [1.29, 1.82) is 0 Å². The number of phenols is 1. The number of esters is 1. The van der Waals surface area contributed by atoms with E-state index in [1.165, 1.54) is 0 Å². The summed E-state index contributed by atoms with van der Waals surface area (Å²) < 4.78 is 7.37. The lowest BCUT2D eigenvalue weighted by atomic mass is 10.1. The van der Waals surface area contributed by atoms with E-state index in [0.717, 1.165) is 11.1 Å². The third-order valence-electron chi connectivity index (χ3n) is 3.87. The van der Waals surface area contributed by atoms with Crippen LogP contribution in [0.3, 0.4) is 0 Å². The molecule has 5 heteroatoms. The van der Waals surface area contributed by atoms with Gasteiger partial charge in [0.1, 0.15) is 22.7 Å². The molecule has 0 radical (unpaired) electrons. The number of nitrogens with zero attached hydrogens (tertiary/aromatic N) is 1. The number of phenolic OH excluding ortho intramolecular Hbond substituents is 1. The van der Waals surface area contributed by atoms with Gasteiger partial charge in [-0.15, -0.1) is 0 Å². The zero-order valence-electron chi connectivity index (χ0n) is 14.6. The number of aromatic hydroxyl groups is 1. The van der Waals surface area contributed by atoms with E-state index in [2.05, 4.69) is 0 Å². The van der Waals surface area contributed by atoms with Crippen molar-refractivity contribution in [2.45, 2.75) is 32.9 Å². The van der Waals surface area contributed by atoms with Crippen LogP contribution in [-0.4, -0.2) is 21.2 Å². The van der Waals surface area contributed by atoms with Gasteiger partial charge in [-0.1, -0.05) is 30.3 Å². The van der Waals surface area contributed by atoms with Crippen molar-refractivity contribution in [3.63, 3.8) is 0 Å². The quantitative estimate of drug-likeness (QED) is 0.709. The van der Waals surface area contributed by atoms with Crippen LogP contribution in [-0.2, 0) is 11.3 Å². The summed E-state index contributed by atoms with van der Waals surface area (Å²) in [7, 11) is 0. The fraction of sp³-hybridized carbons (Fsp3) is 0.250. The molecule has 0 aliphatic rings. The van der Waals surface area contributed by atoms with Gasteiger partial charge in [-0.05, 0) is 44.5 Å². The molecule has 0 amide bonds. The normalized spacial score (nSPS) is 11.6. The summed E-state index contributed by atoms with van der Waals surface area (Å²) in [4.78, 5) is 12.7. The van der Waals surface area contributed by atoms with Gasteiger partial charge in [0, 0.05) is 11.9 Å². The molecule has 1 heterocycles. The van der Waals surface area contributed by atoms with Gasteiger partial charge in [0.15, 0.2) is 0 Å². The topological polar surface area (TPSA) is 77.5 Å². The molecule has 1 aromatic heterocycles. The number of hydrogen-bond acceptors (Lipinski definition) is 4. The molecule has 0 atom stereocenters. The molecule has 0 saturated heterocycles. The van der Waals surface area contributed by atoms with E-state index in [4.69, 9.17) is 10.5 Å². The van der Waals surface area contributed by atoms with Crippen molar-refractivity contribution in [2.24, 2.45) is 0 Å². The third-order valence-corrected chi connectivity index (χ3v) is 3.87. The highest BCUT2D eigenvalue weighted by Gasteiger charge is 2.26. The van der Waals surface area contributed by atoms with E-state index in [0.29, 0.717) is 17.7 Å². The molecular formula is C20H22N2O3. The van der Waals surface area contributed by atoms with E-state index in [-0.39, 0.29) is 11.3 Å². The second kappa shape index (κ2) is 6.16. The minimum absolute atomic E-state index is 0.0779. The van der Waals surface area contributed by atoms with Crippen molar-refractivity contribution in [2.75, 3.05) is 5.73 Å². The number of anilines is 1. The lowest BCUT2D eigenvalue weighted by Crippen LogP contribution is -2.24. The first-order valence-electron chi connectivity index (χ1n) is 8.14. The Morgan fingerprint density at radius 1 is 1.16 bits per heavy atom. The molecule has 130 valence electrons. The average Bonchev–Trinajstić information content (AvgIpc) is 2.78. The summed E-state index contributed by atoms with van der Waals surface area (Å²) in [5.41, 5.74) is 7.81. The zero-order chi connectivity index (χ0) is 18.2. The standard InChI is InChI=1S/C20H22N2O3/c1-20(2,3)25-19(24)17-15-11-14(23)9-10-16(15)22(18(17)21)12-13-7-5-4-6-8-13/h4-11,23H,12,21H2,1-3H3. The van der Waals surface area contributed by atoms with Gasteiger partial charge in [-0.3, -0.25) is 0 Å². The highest BCUT2D eigenvalue weighted by Crippen LogP contribution is 2.33. The van der Waals surface area contributed by atoms with E-state index in [9.17, 15) is 9.90 Å². The van der Waals surface area contributed by atoms with E-state index in [1.54, 1.807) is 18.2 Å². The van der Waals surface area contributed by atoms with Gasteiger partial charge >= 0.3 is 5.97 Å². The van der Waals surface area contributed by atoms with Crippen LogP contribution in [0.25, 0.3) is 10.9 Å². The highest BCUT2D eigenvalue weighted by molar-refractivity contribution is 6.09. The van der Waals surface area contributed by atoms with Gasteiger partial charge in [0.2, 0.25) is 0 Å². The predicted molar refractivity (Wildman–Crippen MR) is 98.7 cm³/mol. The van der Waals surface area contributed by atoms with Crippen molar-refractivity contribution in [1.82, 2.24) is 4.57 Å². The molecule has 5 nitrogen and oxygen atoms in total. The van der Waals surface area contributed by atoms with Crippen LogP contribution in [0.1, 0.15) is 36.7 Å². The van der Waals surface area contributed by atoms with Crippen molar-refractivity contribution >= 4 is 22.7 Å². The van der Waals surface area contributed by atoms with Gasteiger partial charge in [-0.25, -0.2) is 4.79 Å². The van der Waals surface area contributed by atoms with Crippen LogP contribution in [0, 0.1) is 0 Å². The van der Waals surface area contributed by atoms with Crippen molar-refractivity contribution < 1.29 is 14.6 Å². The lowest BCUT2D eigenvalue weighted by molar-refractivity contribution is 0.00730. The monoisotopic (exact) mass is 338 g/mol. The Hall–Kier alpha value is -2.95. The Bertz CT molecular complexity index is 922. The minimum Gasteiger partial charge on any atom is -0.508 e. The molecule has 0 saturated carbocycles. The summed E-state index contributed by atoms with van der Waals surface area (Å²) in [6.45, 7) is 5.95. The number of nitrogen functional groups attached to an aromatic ring is 1. The molecular weight excluding hydrogens is 316 g/mol. The molecule has 0 aliphatic carbocycles. The number of carbonyl (C=O) groups excluding carboxylic acids is 1. The van der Waals surface area contributed by atoms with Gasteiger partial charge < -0.3 is 20.1 Å². The lowest BCUT2D eigenvalue weighted by Gasteiger charge is -2.19. The average molecular weight is 338 g/mol. The summed E-state index contributed by atoms with van der Waals surface area (Å²) in [6, 6.07) is 14.8. The molecule has 3 aromatic rings. The van der Waals surface area contributed by atoms with Crippen LogP contribution in [0.4, 0.5) is 5.82 Å². The number of ether oxygens (including phenoxy) is 1. The Morgan fingerprint density at radius 3 is 2.48 bits per heavy atom. The molecule has 3 N–H and O–H groups in total. The van der Waals surface area contributed by atoms with Gasteiger partial charge in [-0.2, -0.15) is 0 Å². The number of hydrogen-bond donors (Lipinski definition) is 2. The van der Waals surface area contributed by atoms with Crippen molar-refractivity contribution in [3.05, 3.63) is 59.7 Å². The first-order valence-corrected chi connectivity index (χ1v) is 8.14. The molecule has 25 heavy (non-hydrogen) atoms. The molecule has 0 bridgehead atoms. The van der Waals surface area contributed by atoms with Crippen LogP contribution >= 0.6 is 0 Å². The summed E-state index contributed by atoms with van der Waals surface area (Å²) >= 11 is 0. The fourth-order valence-electron chi connectivity index (χ4n) is 2.84. The first-order chi connectivity index (χ1) is 11.8. The number of rotatable bonds is 3. The third kappa shape index (κ3) is 3.45. The second-order valence-corrected chi connectivity index (χ2v) is 7.04. The molecule has 3 rings (SSSR count). The largest absolute Gasteiger partial charge is 0.508 e. The Kier molecular flexibility index (Phi) is 4.17. The highest BCUT2D eigenvalue weighted by atomic mass is 16.6. The SMILES string of the molecule is CC(C)(C)OC(=O)c1c(N)n(Cc2ccccc2)c2ccc(O)cc12. The predicted octanol–water partition coefficient (Wildman–Crippen LogP) is 3.93. The maximum Gasteiger partial charge on any atom is 0.343 e. The van der Waals surface area contributed by atoms with E-state index < -0.39 is 11.6 Å². The van der Waals surface area contributed by atoms with E-state index in [1.807, 2.05) is 55.7 Å². The molecule has 0 unspecified atom stereocenters. The fourth-order valence-corrected chi connectivity index (χ4v) is 2.84. The molecule has 2 aromatic carbocycles. The summed E-state index contributed by atoms with van der Waals surface area (Å²) in [6.07, 6.45) is 0. The van der Waals surface area contributed by atoms with Crippen LogP contribution in [0.5, 0.6) is 5.75 Å². The maximum atomic E-state index is 12.7. The number of nitrogens with two attached hydrogens (primary N) is 1. The zero-order valence-corrected chi connectivity index (χ0v) is 14.6. The number of carbonyl (C=O) groups is 1. The molecule has 0 aliphatic heterocycles. The number of benzene rings is 2. The van der Waals surface area contributed by atoms with Crippen LogP contribution in [0.2, 0.25) is 0 Å². The van der Waals surface area contributed by atoms with Crippen molar-refractivity contribution in [3.8, 4) is 5.75 Å². The van der Waals surface area contributed by atoms with Crippen LogP contribution in [0.15, 0.2) is 48.5 Å². The Labute approximate surface area is 146 Å². The van der Waals surface area contributed by atoms with Crippen LogP contribution < -0.4 is 5.73 Å². The smallest absolute Gasteiger partial charge is 0.343 e. The minimum atomic E-state index is -0.631. The maximum absolute atomic E-state index is 12.7. The summed E-state index contributed by atoms with van der Waals surface area (Å²) in [5.74, 6) is -0.0831. The number of aromatic nitrogens is 1. The molecule has 0 spiro atoms. The van der Waals surface area contributed by atoms with E-state index >= 15 is 0 Å². The van der Waals surface area contributed by atoms with Gasteiger partial charge in [0.25, 0.3) is 0 Å². The number of fused-ring (bicyclic) bond motifs is 1. The molecule has 0 fully saturated rings. The Morgan fingerprint density at radius 2 is 1.84 bits per heavy atom. The Balaban J connectivity index is 2.15.